The number of hydrogen-bond acceptors (Lipinski definition) is 5. The molecule has 5 nitrogen and oxygen atoms in total. The van der Waals surface area contributed by atoms with E-state index < -0.39 is 5.97 Å². The van der Waals surface area contributed by atoms with Crippen LogP contribution in [0.4, 0.5) is 0 Å². The maximum Gasteiger partial charge on any atom is 0.352 e. The van der Waals surface area contributed by atoms with Crippen LogP contribution in [-0.4, -0.2) is 29.4 Å². The van der Waals surface area contributed by atoms with Gasteiger partial charge < -0.3 is 10.2 Å². The summed E-state index contributed by atoms with van der Waals surface area (Å²) in [6.07, 6.45) is 0. The second kappa shape index (κ2) is 8.98. The summed E-state index contributed by atoms with van der Waals surface area (Å²) in [6, 6.07) is 8.82. The predicted molar refractivity (Wildman–Crippen MR) is 53.0 cm³/mol. The van der Waals surface area contributed by atoms with E-state index in [1.54, 1.807) is 24.3 Å². The highest BCUT2D eigenvalue weighted by atomic mass is 17.2. The average Bonchev–Trinajstić information content (AvgIpc) is 2.28. The summed E-state index contributed by atoms with van der Waals surface area (Å²) < 4.78 is 0. The van der Waals surface area contributed by atoms with Gasteiger partial charge in [0, 0.05) is 6.92 Å². The van der Waals surface area contributed by atoms with Crippen LogP contribution in [-0.2, 0) is 9.68 Å². The van der Waals surface area contributed by atoms with Crippen LogP contribution < -0.4 is 4.89 Å². The Morgan fingerprint density at radius 3 is 2.13 bits per heavy atom. The maximum atomic E-state index is 10.3. The lowest BCUT2D eigenvalue weighted by Crippen LogP contribution is -2.02. The molecule has 1 rings (SSSR count). The van der Waals surface area contributed by atoms with E-state index in [-0.39, 0.29) is 13.2 Å². The van der Waals surface area contributed by atoms with Gasteiger partial charge in [-0.05, 0) is 12.1 Å². The third kappa shape index (κ3) is 8.73. The Balaban J connectivity index is 0.000000423. The molecule has 0 amide bonds. The predicted octanol–water partition coefficient (Wildman–Crippen LogP) is 0.514. The summed E-state index contributed by atoms with van der Waals surface area (Å²) in [5, 5.41) is 15.2. The van der Waals surface area contributed by atoms with E-state index in [9.17, 15) is 4.79 Å². The molecule has 0 saturated carbocycles. The summed E-state index contributed by atoms with van der Waals surface area (Å²) in [6.45, 7) is 1.03. The van der Waals surface area contributed by atoms with Crippen molar-refractivity contribution in [2.24, 2.45) is 0 Å². The molecular formula is C10H14O5. The molecule has 0 atom stereocenters. The summed E-state index contributed by atoms with van der Waals surface area (Å²) in [4.78, 5) is 19.2. The number of aliphatic hydroxyl groups excluding tert-OH is 2. The zero-order valence-electron chi connectivity index (χ0n) is 8.42. The van der Waals surface area contributed by atoms with Crippen molar-refractivity contribution in [3.63, 3.8) is 0 Å². The van der Waals surface area contributed by atoms with E-state index in [4.69, 9.17) is 10.2 Å². The van der Waals surface area contributed by atoms with Crippen molar-refractivity contribution < 1.29 is 24.8 Å². The number of para-hydroxylation sites is 1. The second-order valence-electron chi connectivity index (χ2n) is 2.42. The van der Waals surface area contributed by atoms with Gasteiger partial charge in [0.1, 0.15) is 0 Å². The molecule has 0 spiro atoms. The lowest BCUT2D eigenvalue weighted by atomic mass is 10.3. The fourth-order valence-corrected chi connectivity index (χ4v) is 0.583. The van der Waals surface area contributed by atoms with Crippen LogP contribution >= 0.6 is 0 Å². The molecule has 15 heavy (non-hydrogen) atoms. The molecule has 0 saturated heterocycles. The Morgan fingerprint density at radius 2 is 1.73 bits per heavy atom. The number of hydrogen-bond donors (Lipinski definition) is 2. The van der Waals surface area contributed by atoms with Crippen LogP contribution in [0.3, 0.4) is 0 Å². The van der Waals surface area contributed by atoms with Crippen molar-refractivity contribution in [1.29, 1.82) is 0 Å². The Labute approximate surface area is 87.8 Å². The molecule has 1 aromatic rings. The zero-order chi connectivity index (χ0) is 11.5. The van der Waals surface area contributed by atoms with Gasteiger partial charge >= 0.3 is 5.97 Å². The molecule has 0 heterocycles. The van der Waals surface area contributed by atoms with Crippen molar-refractivity contribution >= 4 is 5.97 Å². The molecule has 0 aliphatic heterocycles. The van der Waals surface area contributed by atoms with Gasteiger partial charge in [-0.2, -0.15) is 0 Å². The van der Waals surface area contributed by atoms with Crippen LogP contribution in [0.15, 0.2) is 30.3 Å². The third-order valence-corrected chi connectivity index (χ3v) is 1.10. The molecule has 0 aromatic heterocycles. The molecule has 0 aliphatic carbocycles. The van der Waals surface area contributed by atoms with Crippen molar-refractivity contribution in [3.8, 4) is 5.75 Å². The van der Waals surface area contributed by atoms with Crippen molar-refractivity contribution in [2.45, 2.75) is 6.92 Å². The number of carbonyl (C=O) groups is 1. The second-order valence-corrected chi connectivity index (χ2v) is 2.42. The summed E-state index contributed by atoms with van der Waals surface area (Å²) in [7, 11) is 0. The van der Waals surface area contributed by atoms with Crippen LogP contribution in [0.1, 0.15) is 6.92 Å². The van der Waals surface area contributed by atoms with Crippen LogP contribution in [0.5, 0.6) is 5.75 Å². The molecule has 0 bridgehead atoms. The fourth-order valence-electron chi connectivity index (χ4n) is 0.583. The molecule has 84 valence electrons. The van der Waals surface area contributed by atoms with E-state index in [0.29, 0.717) is 5.75 Å². The Kier molecular flexibility index (Phi) is 8.03. The van der Waals surface area contributed by atoms with E-state index in [1.807, 2.05) is 6.07 Å². The normalized spacial score (nSPS) is 8.47. The van der Waals surface area contributed by atoms with Gasteiger partial charge in [-0.15, -0.1) is 0 Å². The number of carbonyl (C=O) groups excluding carboxylic acids is 1. The molecule has 0 unspecified atom stereocenters. The third-order valence-electron chi connectivity index (χ3n) is 1.10. The zero-order valence-corrected chi connectivity index (χ0v) is 8.42. The largest absolute Gasteiger partial charge is 0.394 e. The minimum absolute atomic E-state index is 0.125. The van der Waals surface area contributed by atoms with Gasteiger partial charge in [0.2, 0.25) is 0 Å². The lowest BCUT2D eigenvalue weighted by molar-refractivity contribution is -0.210. The molecule has 1 aromatic carbocycles. The first-order valence-electron chi connectivity index (χ1n) is 4.32. The number of benzene rings is 1. The summed E-state index contributed by atoms with van der Waals surface area (Å²) in [5.41, 5.74) is 0. The van der Waals surface area contributed by atoms with Crippen LogP contribution in [0.2, 0.25) is 0 Å². The summed E-state index contributed by atoms with van der Waals surface area (Å²) in [5.74, 6) is 0.0524. The molecular weight excluding hydrogens is 200 g/mol. The van der Waals surface area contributed by atoms with Gasteiger partial charge in [-0.25, -0.2) is 4.79 Å². The van der Waals surface area contributed by atoms with Crippen LogP contribution in [0, 0.1) is 0 Å². The maximum absolute atomic E-state index is 10.3. The minimum atomic E-state index is -0.464. The Bertz CT molecular complexity index is 258. The van der Waals surface area contributed by atoms with Crippen molar-refractivity contribution in [2.75, 3.05) is 13.2 Å². The fraction of sp³-hybridized carbons (Fsp3) is 0.300. The van der Waals surface area contributed by atoms with Crippen molar-refractivity contribution in [3.05, 3.63) is 30.3 Å². The highest BCUT2D eigenvalue weighted by Crippen LogP contribution is 2.07. The van der Waals surface area contributed by atoms with Gasteiger partial charge in [-0.1, -0.05) is 18.2 Å². The van der Waals surface area contributed by atoms with E-state index in [0.717, 1.165) is 0 Å². The number of rotatable bonds is 3. The van der Waals surface area contributed by atoms with Gasteiger partial charge in [0.15, 0.2) is 5.75 Å². The first-order chi connectivity index (χ1) is 7.20. The summed E-state index contributed by atoms with van der Waals surface area (Å²) >= 11 is 0. The lowest BCUT2D eigenvalue weighted by Gasteiger charge is -1.99. The molecule has 2 N–H and O–H groups in total. The SMILES string of the molecule is CC(=O)OOc1ccccc1.OCCO. The Hall–Kier alpha value is -1.59. The average molecular weight is 214 g/mol. The van der Waals surface area contributed by atoms with E-state index in [1.165, 1.54) is 6.92 Å². The standard InChI is InChI=1S/C8H8O3.C2H6O2/c1-7(9)10-11-8-5-3-2-4-6-8;3-1-2-4/h2-6H,1H3;3-4H,1-2H2. The van der Waals surface area contributed by atoms with Gasteiger partial charge in [0.25, 0.3) is 0 Å². The molecule has 0 fully saturated rings. The molecule has 5 heteroatoms. The smallest absolute Gasteiger partial charge is 0.352 e. The first-order valence-corrected chi connectivity index (χ1v) is 4.32. The topological polar surface area (TPSA) is 76.0 Å². The van der Waals surface area contributed by atoms with Crippen molar-refractivity contribution in [1.82, 2.24) is 0 Å². The Morgan fingerprint density at radius 1 is 1.20 bits per heavy atom. The van der Waals surface area contributed by atoms with Gasteiger partial charge in [0.05, 0.1) is 13.2 Å². The minimum Gasteiger partial charge on any atom is -0.394 e. The molecule has 0 radical (unpaired) electrons. The highest BCUT2D eigenvalue weighted by Gasteiger charge is 1.94. The van der Waals surface area contributed by atoms with Crippen LogP contribution in [0.25, 0.3) is 0 Å². The van der Waals surface area contributed by atoms with Gasteiger partial charge in [-0.3, -0.25) is 9.78 Å². The highest BCUT2D eigenvalue weighted by molar-refractivity contribution is 5.65. The molecule has 0 aliphatic rings. The van der Waals surface area contributed by atoms with E-state index >= 15 is 0 Å². The first kappa shape index (κ1) is 13.4. The number of aliphatic hydroxyl groups is 2. The quantitative estimate of drug-likeness (QED) is 0.566. The van der Waals surface area contributed by atoms with E-state index in [2.05, 4.69) is 9.78 Å². The monoisotopic (exact) mass is 214 g/mol.